The maximum atomic E-state index is 4.43. The summed E-state index contributed by atoms with van der Waals surface area (Å²) >= 11 is 0. The van der Waals surface area contributed by atoms with E-state index in [-0.39, 0.29) is 12.4 Å². The Morgan fingerprint density at radius 2 is 1.70 bits per heavy atom. The van der Waals surface area contributed by atoms with Gasteiger partial charge in [0.1, 0.15) is 0 Å². The molecular formula is C23H20ClN3. The van der Waals surface area contributed by atoms with Gasteiger partial charge in [-0.05, 0) is 30.0 Å². The lowest BCUT2D eigenvalue weighted by Crippen LogP contribution is -3.00. The second kappa shape index (κ2) is 6.67. The first-order valence-corrected chi connectivity index (χ1v) is 8.92. The number of nitrogens with zero attached hydrogens (tertiary/aromatic N) is 3. The maximum Gasteiger partial charge on any atom is 0.175 e. The van der Waals surface area contributed by atoms with Gasteiger partial charge in [0.25, 0.3) is 0 Å². The molecule has 5 aromatic rings. The number of halogens is 1. The third-order valence-corrected chi connectivity index (χ3v) is 5.43. The van der Waals surface area contributed by atoms with Crippen molar-refractivity contribution >= 4 is 32.6 Å². The summed E-state index contributed by atoms with van der Waals surface area (Å²) < 4.78 is 4.57. The van der Waals surface area contributed by atoms with Crippen LogP contribution < -0.4 is 17.0 Å². The highest BCUT2D eigenvalue weighted by atomic mass is 35.5. The predicted octanol–water partition coefficient (Wildman–Crippen LogP) is 1.53. The molecule has 27 heavy (non-hydrogen) atoms. The fourth-order valence-electron chi connectivity index (χ4n) is 4.25. The van der Waals surface area contributed by atoms with Crippen LogP contribution in [0.25, 0.3) is 32.6 Å². The first-order chi connectivity index (χ1) is 12.8. The van der Waals surface area contributed by atoms with Crippen molar-refractivity contribution < 1.29 is 17.0 Å². The number of pyridine rings is 2. The molecule has 0 radical (unpaired) electrons. The first kappa shape index (κ1) is 17.5. The first-order valence-electron chi connectivity index (χ1n) is 8.92. The molecule has 5 rings (SSSR count). The van der Waals surface area contributed by atoms with Gasteiger partial charge in [-0.15, -0.1) is 0 Å². The van der Waals surface area contributed by atoms with Crippen LogP contribution in [-0.2, 0) is 13.6 Å². The summed E-state index contributed by atoms with van der Waals surface area (Å²) in [5.74, 6) is 0. The second-order valence-electron chi connectivity index (χ2n) is 6.87. The van der Waals surface area contributed by atoms with Gasteiger partial charge in [-0.2, -0.15) is 0 Å². The quantitative estimate of drug-likeness (QED) is 0.430. The maximum absolute atomic E-state index is 4.43. The van der Waals surface area contributed by atoms with Gasteiger partial charge in [-0.1, -0.05) is 24.3 Å². The second-order valence-corrected chi connectivity index (χ2v) is 6.87. The zero-order valence-electron chi connectivity index (χ0n) is 15.4. The van der Waals surface area contributed by atoms with Crippen LogP contribution in [0, 0.1) is 6.92 Å². The van der Waals surface area contributed by atoms with E-state index in [1.807, 2.05) is 12.4 Å². The smallest absolute Gasteiger partial charge is 0.175 e. The predicted molar refractivity (Wildman–Crippen MR) is 106 cm³/mol. The monoisotopic (exact) mass is 373 g/mol. The van der Waals surface area contributed by atoms with Gasteiger partial charge in [0.05, 0.1) is 5.52 Å². The third-order valence-electron chi connectivity index (χ3n) is 5.43. The van der Waals surface area contributed by atoms with Crippen molar-refractivity contribution in [1.29, 1.82) is 0 Å². The summed E-state index contributed by atoms with van der Waals surface area (Å²) in [4.78, 5) is 4.43. The van der Waals surface area contributed by atoms with E-state index in [1.54, 1.807) is 0 Å². The Morgan fingerprint density at radius 3 is 2.52 bits per heavy atom. The molecule has 0 N–H and O–H groups in total. The summed E-state index contributed by atoms with van der Waals surface area (Å²) in [7, 11) is 2.17. The molecule has 0 aliphatic carbocycles. The highest BCUT2D eigenvalue weighted by molar-refractivity contribution is 6.16. The molecule has 2 aromatic carbocycles. The average Bonchev–Trinajstić information content (AvgIpc) is 2.99. The number of aryl methyl sites for hydroxylation is 2. The van der Waals surface area contributed by atoms with Crippen LogP contribution in [0.3, 0.4) is 0 Å². The van der Waals surface area contributed by atoms with Crippen molar-refractivity contribution in [2.45, 2.75) is 13.5 Å². The highest BCUT2D eigenvalue weighted by Crippen LogP contribution is 2.38. The molecule has 0 fully saturated rings. The molecule has 3 nitrogen and oxygen atoms in total. The molecule has 0 spiro atoms. The number of hydrogen-bond donors (Lipinski definition) is 0. The van der Waals surface area contributed by atoms with E-state index in [2.05, 4.69) is 89.0 Å². The van der Waals surface area contributed by atoms with Crippen molar-refractivity contribution in [3.05, 3.63) is 84.4 Å². The van der Waals surface area contributed by atoms with E-state index in [0.717, 1.165) is 6.54 Å². The van der Waals surface area contributed by atoms with Crippen molar-refractivity contribution in [3.63, 3.8) is 0 Å². The van der Waals surface area contributed by atoms with Gasteiger partial charge in [0.15, 0.2) is 18.9 Å². The molecule has 3 aromatic heterocycles. The summed E-state index contributed by atoms with van der Waals surface area (Å²) in [6.07, 6.45) is 8.16. The minimum Gasteiger partial charge on any atom is -1.00 e. The van der Waals surface area contributed by atoms with Crippen molar-refractivity contribution in [2.24, 2.45) is 7.05 Å². The molecule has 0 saturated carbocycles. The number of rotatable bonds is 2. The summed E-state index contributed by atoms with van der Waals surface area (Å²) in [6, 6.07) is 17.0. The SMILES string of the molecule is Cc1c2ccncc2c(C[n+]2ccccc2)c2c3ccccc3n(C)c12.[Cl-]. The number of hydrogen-bond acceptors (Lipinski definition) is 1. The third kappa shape index (κ3) is 2.58. The van der Waals surface area contributed by atoms with E-state index in [4.69, 9.17) is 0 Å². The van der Waals surface area contributed by atoms with Crippen LogP contribution in [0.5, 0.6) is 0 Å². The van der Waals surface area contributed by atoms with Gasteiger partial charge >= 0.3 is 0 Å². The topological polar surface area (TPSA) is 21.7 Å². The zero-order chi connectivity index (χ0) is 17.7. The fourth-order valence-corrected chi connectivity index (χ4v) is 4.25. The van der Waals surface area contributed by atoms with Gasteiger partial charge in [-0.25, -0.2) is 4.57 Å². The molecule has 0 bridgehead atoms. The Bertz CT molecular complexity index is 1270. The Hall–Kier alpha value is -2.91. The van der Waals surface area contributed by atoms with E-state index in [1.165, 1.54) is 43.7 Å². The lowest BCUT2D eigenvalue weighted by molar-refractivity contribution is -0.688. The van der Waals surface area contributed by atoms with Crippen LogP contribution >= 0.6 is 0 Å². The molecule has 4 heteroatoms. The van der Waals surface area contributed by atoms with E-state index in [0.29, 0.717) is 0 Å². The van der Waals surface area contributed by atoms with E-state index in [9.17, 15) is 0 Å². The van der Waals surface area contributed by atoms with Gasteiger partial charge in [-0.3, -0.25) is 4.98 Å². The molecule has 0 amide bonds. The van der Waals surface area contributed by atoms with Crippen LogP contribution in [0.15, 0.2) is 73.3 Å². The van der Waals surface area contributed by atoms with Crippen molar-refractivity contribution in [2.75, 3.05) is 0 Å². The van der Waals surface area contributed by atoms with Crippen LogP contribution in [0.2, 0.25) is 0 Å². The van der Waals surface area contributed by atoms with Gasteiger partial charge in [0.2, 0.25) is 0 Å². The minimum atomic E-state index is 0. The lowest BCUT2D eigenvalue weighted by atomic mass is 9.96. The molecule has 0 saturated heterocycles. The van der Waals surface area contributed by atoms with Crippen LogP contribution in [0.1, 0.15) is 11.1 Å². The Labute approximate surface area is 164 Å². The van der Waals surface area contributed by atoms with E-state index < -0.39 is 0 Å². The van der Waals surface area contributed by atoms with Crippen LogP contribution in [0.4, 0.5) is 0 Å². The average molecular weight is 374 g/mol. The van der Waals surface area contributed by atoms with Gasteiger partial charge in [0, 0.05) is 58.8 Å². The van der Waals surface area contributed by atoms with Crippen LogP contribution in [-0.4, -0.2) is 9.55 Å². The molecule has 3 heterocycles. The largest absolute Gasteiger partial charge is 1.00 e. The normalized spacial score (nSPS) is 11.2. The Balaban J connectivity index is 0.00000180. The van der Waals surface area contributed by atoms with Crippen molar-refractivity contribution in [1.82, 2.24) is 9.55 Å². The molecular weight excluding hydrogens is 354 g/mol. The molecule has 0 aliphatic rings. The number of fused-ring (bicyclic) bond motifs is 4. The molecule has 0 aliphatic heterocycles. The molecule has 134 valence electrons. The molecule has 0 unspecified atom stereocenters. The summed E-state index contributed by atoms with van der Waals surface area (Å²) in [6.45, 7) is 3.05. The lowest BCUT2D eigenvalue weighted by Gasteiger charge is -2.11. The Morgan fingerprint density at radius 1 is 0.926 bits per heavy atom. The van der Waals surface area contributed by atoms with Gasteiger partial charge < -0.3 is 17.0 Å². The summed E-state index contributed by atoms with van der Waals surface area (Å²) in [5.41, 5.74) is 5.24. The number of para-hydroxylation sites is 1. The van der Waals surface area contributed by atoms with Crippen molar-refractivity contribution in [3.8, 4) is 0 Å². The minimum absolute atomic E-state index is 0. The number of benzene rings is 2. The van der Waals surface area contributed by atoms with E-state index >= 15 is 0 Å². The zero-order valence-corrected chi connectivity index (χ0v) is 16.1. The summed E-state index contributed by atoms with van der Waals surface area (Å²) in [5, 5.41) is 5.18. The Kier molecular flexibility index (Phi) is 4.33. The highest BCUT2D eigenvalue weighted by Gasteiger charge is 2.20. The molecule has 0 atom stereocenters. The fraction of sp³-hybridized carbons (Fsp3) is 0.130. The standard InChI is InChI=1S/C23H20N3.ClH/c1-16-17-10-11-24-14-19(17)20(15-26-12-6-3-7-13-26)22-18-8-4-5-9-21(18)25(2)23(16)22;/h3-14H,15H2,1-2H3;1H/q+1;/p-1. The number of aromatic nitrogens is 3.